The van der Waals surface area contributed by atoms with E-state index in [1.54, 1.807) is 0 Å². The molecule has 0 aromatic heterocycles. The van der Waals surface area contributed by atoms with E-state index in [1.165, 1.54) is 0 Å². The Hall–Kier alpha value is -2.64. The summed E-state index contributed by atoms with van der Waals surface area (Å²) < 4.78 is 5.75. The molecule has 0 fully saturated rings. The molecule has 0 unspecified atom stereocenters. The highest BCUT2D eigenvalue weighted by Crippen LogP contribution is 2.21. The maximum absolute atomic E-state index is 5.75. The molecule has 0 bridgehead atoms. The summed E-state index contributed by atoms with van der Waals surface area (Å²) in [5.74, 6) is 13.3. The summed E-state index contributed by atoms with van der Waals surface area (Å²) in [6, 6.07) is 15.5. The van der Waals surface area contributed by atoms with Crippen LogP contribution in [0.25, 0.3) is 0 Å². The van der Waals surface area contributed by atoms with Gasteiger partial charge in [0.15, 0.2) is 0 Å². The molecule has 1 heteroatoms. The average Bonchev–Trinajstić information content (AvgIpc) is 2.44. The summed E-state index contributed by atoms with van der Waals surface area (Å²) in [5, 5.41) is 0. The van der Waals surface area contributed by atoms with Crippen molar-refractivity contribution in [3.8, 4) is 35.2 Å². The van der Waals surface area contributed by atoms with Crippen LogP contribution in [0.3, 0.4) is 0 Å². The number of rotatable bonds is 2. The third-order valence-corrected chi connectivity index (χ3v) is 2.48. The summed E-state index contributed by atoms with van der Waals surface area (Å²) in [7, 11) is 0. The van der Waals surface area contributed by atoms with Gasteiger partial charge >= 0.3 is 0 Å². The Morgan fingerprint density at radius 2 is 1.00 bits per heavy atom. The molecule has 0 saturated heterocycles. The summed E-state index contributed by atoms with van der Waals surface area (Å²) in [6.45, 7) is 3.65. The van der Waals surface area contributed by atoms with Gasteiger partial charge in [0.2, 0.25) is 0 Å². The van der Waals surface area contributed by atoms with Gasteiger partial charge in [-0.1, -0.05) is 11.8 Å². The molecule has 1 nitrogen and oxygen atoms in total. The van der Waals surface area contributed by atoms with Crippen molar-refractivity contribution < 1.29 is 4.74 Å². The topological polar surface area (TPSA) is 9.23 Å². The first-order valence-electron chi connectivity index (χ1n) is 6.05. The molecule has 0 aliphatic carbocycles. The van der Waals surface area contributed by atoms with Gasteiger partial charge in [0.05, 0.1) is 0 Å². The van der Waals surface area contributed by atoms with Gasteiger partial charge in [-0.3, -0.25) is 0 Å². The first kappa shape index (κ1) is 12.8. The second-order valence-electron chi connectivity index (χ2n) is 3.90. The lowest BCUT2D eigenvalue weighted by atomic mass is 10.2. The van der Waals surface area contributed by atoms with E-state index in [0.717, 1.165) is 22.6 Å². The van der Waals surface area contributed by atoms with Crippen LogP contribution in [0.1, 0.15) is 25.0 Å². The third kappa shape index (κ3) is 3.66. The van der Waals surface area contributed by atoms with Gasteiger partial charge in [0, 0.05) is 11.1 Å². The van der Waals surface area contributed by atoms with Crippen LogP contribution in [-0.4, -0.2) is 0 Å². The van der Waals surface area contributed by atoms with E-state index >= 15 is 0 Å². The highest BCUT2D eigenvalue weighted by Gasteiger charge is 1.97. The second kappa shape index (κ2) is 6.34. The Morgan fingerprint density at radius 1 is 0.632 bits per heavy atom. The minimum atomic E-state index is 0.802. The third-order valence-electron chi connectivity index (χ3n) is 2.48. The van der Waals surface area contributed by atoms with Crippen molar-refractivity contribution in [3.63, 3.8) is 0 Å². The fraction of sp³-hybridized carbons (Fsp3) is 0.111. The number of hydrogen-bond donors (Lipinski definition) is 0. The molecule has 2 rings (SSSR count). The summed E-state index contributed by atoms with van der Waals surface area (Å²) in [6.07, 6.45) is 0. The maximum Gasteiger partial charge on any atom is 0.127 e. The van der Waals surface area contributed by atoms with Crippen molar-refractivity contribution in [3.05, 3.63) is 59.7 Å². The minimum absolute atomic E-state index is 0.802. The summed E-state index contributed by atoms with van der Waals surface area (Å²) in [4.78, 5) is 0. The zero-order valence-electron chi connectivity index (χ0n) is 11.0. The van der Waals surface area contributed by atoms with Crippen molar-refractivity contribution in [2.75, 3.05) is 0 Å². The van der Waals surface area contributed by atoms with Crippen molar-refractivity contribution in [1.82, 2.24) is 0 Å². The molecule has 0 spiro atoms. The molecular weight excluding hydrogens is 232 g/mol. The lowest BCUT2D eigenvalue weighted by Gasteiger charge is -2.05. The Kier molecular flexibility index (Phi) is 4.27. The fourth-order valence-electron chi connectivity index (χ4n) is 1.64. The van der Waals surface area contributed by atoms with Crippen LogP contribution < -0.4 is 4.74 Å². The van der Waals surface area contributed by atoms with Gasteiger partial charge in [-0.25, -0.2) is 0 Å². The zero-order chi connectivity index (χ0) is 13.5. The smallest absolute Gasteiger partial charge is 0.127 e. The maximum atomic E-state index is 5.75. The Labute approximate surface area is 114 Å². The number of benzene rings is 2. The standard InChI is InChI=1S/C18H14O/c1-3-5-15-7-11-17(12-8-15)19-18-13-9-16(6-4-2)10-14-18/h7-14H,1-2H3. The summed E-state index contributed by atoms with van der Waals surface area (Å²) in [5.41, 5.74) is 1.98. The van der Waals surface area contributed by atoms with Crippen molar-refractivity contribution in [1.29, 1.82) is 0 Å². The van der Waals surface area contributed by atoms with E-state index < -0.39 is 0 Å². The first-order valence-corrected chi connectivity index (χ1v) is 6.05. The SMILES string of the molecule is CC#Cc1ccc(Oc2ccc(C#CC)cc2)cc1. The predicted octanol–water partition coefficient (Wildman–Crippen LogP) is 4.22. The van der Waals surface area contributed by atoms with Gasteiger partial charge in [-0.05, 0) is 62.4 Å². The second-order valence-corrected chi connectivity index (χ2v) is 3.90. The van der Waals surface area contributed by atoms with Gasteiger partial charge in [-0.2, -0.15) is 0 Å². The monoisotopic (exact) mass is 246 g/mol. The Morgan fingerprint density at radius 3 is 1.32 bits per heavy atom. The molecular formula is C18H14O. The van der Waals surface area contributed by atoms with Crippen LogP contribution in [0, 0.1) is 23.7 Å². The van der Waals surface area contributed by atoms with Crippen molar-refractivity contribution in [2.45, 2.75) is 13.8 Å². The molecule has 0 radical (unpaired) electrons. The van der Waals surface area contributed by atoms with E-state index in [1.807, 2.05) is 62.4 Å². The molecule has 2 aromatic carbocycles. The first-order chi connectivity index (χ1) is 9.31. The van der Waals surface area contributed by atoms with Crippen LogP contribution in [0.2, 0.25) is 0 Å². The van der Waals surface area contributed by atoms with E-state index in [4.69, 9.17) is 4.74 Å². The number of hydrogen-bond acceptors (Lipinski definition) is 1. The van der Waals surface area contributed by atoms with Gasteiger partial charge < -0.3 is 4.74 Å². The Bertz CT molecular complexity index is 595. The average molecular weight is 246 g/mol. The van der Waals surface area contributed by atoms with Gasteiger partial charge in [0.1, 0.15) is 11.5 Å². The number of ether oxygens (including phenoxy) is 1. The normalized spacial score (nSPS) is 8.74. The largest absolute Gasteiger partial charge is 0.457 e. The Balaban J connectivity index is 2.10. The minimum Gasteiger partial charge on any atom is -0.457 e. The fourth-order valence-corrected chi connectivity index (χ4v) is 1.64. The van der Waals surface area contributed by atoms with Crippen LogP contribution >= 0.6 is 0 Å². The molecule has 2 aromatic rings. The molecule has 0 N–H and O–H groups in total. The van der Waals surface area contributed by atoms with Gasteiger partial charge in [-0.15, -0.1) is 11.8 Å². The molecule has 0 aliphatic rings. The van der Waals surface area contributed by atoms with E-state index in [0.29, 0.717) is 0 Å². The van der Waals surface area contributed by atoms with E-state index in [2.05, 4.69) is 23.7 Å². The quantitative estimate of drug-likeness (QED) is 0.721. The molecule has 0 amide bonds. The highest BCUT2D eigenvalue weighted by molar-refractivity contribution is 5.42. The molecule has 0 heterocycles. The van der Waals surface area contributed by atoms with Crippen LogP contribution in [0.4, 0.5) is 0 Å². The van der Waals surface area contributed by atoms with Crippen LogP contribution in [-0.2, 0) is 0 Å². The van der Waals surface area contributed by atoms with E-state index in [9.17, 15) is 0 Å². The molecule has 92 valence electrons. The van der Waals surface area contributed by atoms with Crippen molar-refractivity contribution >= 4 is 0 Å². The molecule has 19 heavy (non-hydrogen) atoms. The van der Waals surface area contributed by atoms with Gasteiger partial charge in [0.25, 0.3) is 0 Å². The lowest BCUT2D eigenvalue weighted by Crippen LogP contribution is -1.84. The van der Waals surface area contributed by atoms with Crippen molar-refractivity contribution in [2.24, 2.45) is 0 Å². The lowest BCUT2D eigenvalue weighted by molar-refractivity contribution is 0.482. The van der Waals surface area contributed by atoms with Crippen LogP contribution in [0.15, 0.2) is 48.5 Å². The van der Waals surface area contributed by atoms with E-state index in [-0.39, 0.29) is 0 Å². The molecule has 0 aliphatic heterocycles. The zero-order valence-corrected chi connectivity index (χ0v) is 11.0. The summed E-state index contributed by atoms with van der Waals surface area (Å²) >= 11 is 0. The molecule has 0 atom stereocenters. The van der Waals surface area contributed by atoms with Crippen LogP contribution in [0.5, 0.6) is 11.5 Å². The molecule has 0 saturated carbocycles. The highest BCUT2D eigenvalue weighted by atomic mass is 16.5. The predicted molar refractivity (Wildman–Crippen MR) is 78.1 cm³/mol.